The van der Waals surface area contributed by atoms with E-state index < -0.39 is 0 Å². The predicted octanol–water partition coefficient (Wildman–Crippen LogP) is 2.90. The van der Waals surface area contributed by atoms with E-state index >= 15 is 0 Å². The third-order valence-corrected chi connectivity index (χ3v) is 5.83. The zero-order chi connectivity index (χ0) is 21.3. The molecule has 0 spiro atoms. The lowest BCUT2D eigenvalue weighted by atomic mass is 9.97. The highest BCUT2D eigenvalue weighted by molar-refractivity contribution is 5.79. The maximum Gasteiger partial charge on any atom is 0.225 e. The van der Waals surface area contributed by atoms with Crippen LogP contribution in [0.25, 0.3) is 0 Å². The third-order valence-electron chi connectivity index (χ3n) is 5.83. The number of anilines is 1. The van der Waals surface area contributed by atoms with Gasteiger partial charge in [-0.05, 0) is 49.7 Å². The van der Waals surface area contributed by atoms with Gasteiger partial charge in [0, 0.05) is 32.0 Å². The molecule has 1 saturated heterocycles. The van der Waals surface area contributed by atoms with Gasteiger partial charge in [0.25, 0.3) is 0 Å². The monoisotopic (exact) mass is 411 g/mol. The molecule has 2 atom stereocenters. The molecule has 2 heterocycles. The van der Waals surface area contributed by atoms with Gasteiger partial charge >= 0.3 is 0 Å². The summed E-state index contributed by atoms with van der Waals surface area (Å²) in [7, 11) is 1.68. The summed E-state index contributed by atoms with van der Waals surface area (Å²) >= 11 is 0. The van der Waals surface area contributed by atoms with E-state index in [0.717, 1.165) is 43.8 Å². The van der Waals surface area contributed by atoms with Crippen molar-refractivity contribution in [3.63, 3.8) is 0 Å². The van der Waals surface area contributed by atoms with Crippen LogP contribution in [0, 0.1) is 5.92 Å². The van der Waals surface area contributed by atoms with Gasteiger partial charge in [-0.3, -0.25) is 9.69 Å². The molecule has 0 radical (unpaired) electrons. The number of nitrogens with one attached hydrogen (secondary N) is 1. The number of carbonyl (C=O) groups is 1. The molecule has 2 aromatic rings. The topological polar surface area (TPSA) is 70.6 Å². The second kappa shape index (κ2) is 10.9. The minimum atomic E-state index is -0.0507. The number of aromatic nitrogens is 2. The molecule has 1 N–H and O–H groups in total. The van der Waals surface area contributed by atoms with Crippen LogP contribution >= 0.6 is 0 Å². The van der Waals surface area contributed by atoms with E-state index in [1.807, 2.05) is 18.2 Å². The number of carbonyl (C=O) groups excluding carboxylic acids is 1. The van der Waals surface area contributed by atoms with Crippen LogP contribution in [-0.2, 0) is 4.79 Å². The highest BCUT2D eigenvalue weighted by Crippen LogP contribution is 2.25. The molecule has 162 valence electrons. The minimum absolute atomic E-state index is 0.0507. The van der Waals surface area contributed by atoms with E-state index in [4.69, 9.17) is 4.74 Å². The highest BCUT2D eigenvalue weighted by atomic mass is 16.5. The molecular formula is C23H33N5O2. The number of hydrogen-bond donors (Lipinski definition) is 1. The van der Waals surface area contributed by atoms with Crippen LogP contribution in [0.4, 0.5) is 5.95 Å². The van der Waals surface area contributed by atoms with E-state index in [1.165, 1.54) is 0 Å². The second-order valence-corrected chi connectivity index (χ2v) is 7.59. The first-order chi connectivity index (χ1) is 14.7. The third kappa shape index (κ3) is 5.48. The molecule has 1 aromatic carbocycles. The number of hydrogen-bond acceptors (Lipinski definition) is 6. The van der Waals surface area contributed by atoms with E-state index in [0.29, 0.717) is 19.0 Å². The van der Waals surface area contributed by atoms with Gasteiger partial charge in [0.1, 0.15) is 5.75 Å². The van der Waals surface area contributed by atoms with Gasteiger partial charge in [-0.2, -0.15) is 0 Å². The van der Waals surface area contributed by atoms with Crippen LogP contribution in [0.15, 0.2) is 42.7 Å². The molecule has 7 heteroatoms. The van der Waals surface area contributed by atoms with Crippen molar-refractivity contribution < 1.29 is 9.53 Å². The van der Waals surface area contributed by atoms with Crippen LogP contribution in [-0.4, -0.2) is 60.6 Å². The zero-order valence-corrected chi connectivity index (χ0v) is 18.3. The Balaban J connectivity index is 1.66. The Hall–Kier alpha value is -2.67. The quantitative estimate of drug-likeness (QED) is 0.684. The van der Waals surface area contributed by atoms with Crippen molar-refractivity contribution in [2.45, 2.75) is 32.7 Å². The Bertz CT molecular complexity index is 797. The van der Waals surface area contributed by atoms with Crippen molar-refractivity contribution in [3.8, 4) is 5.75 Å². The lowest BCUT2D eigenvalue weighted by molar-refractivity contribution is -0.125. The number of amides is 1. The number of piperidine rings is 1. The van der Waals surface area contributed by atoms with Gasteiger partial charge in [-0.1, -0.05) is 26.0 Å². The van der Waals surface area contributed by atoms with Crippen LogP contribution in [0.3, 0.4) is 0 Å². The number of methoxy groups -OCH3 is 1. The maximum absolute atomic E-state index is 13.0. The molecule has 3 rings (SSSR count). The van der Waals surface area contributed by atoms with Crippen LogP contribution in [0.1, 0.15) is 38.3 Å². The second-order valence-electron chi connectivity index (χ2n) is 7.59. The van der Waals surface area contributed by atoms with E-state index in [1.54, 1.807) is 19.5 Å². The van der Waals surface area contributed by atoms with E-state index in [-0.39, 0.29) is 17.9 Å². The average Bonchev–Trinajstić information content (AvgIpc) is 2.82. The van der Waals surface area contributed by atoms with Crippen molar-refractivity contribution in [1.29, 1.82) is 0 Å². The number of rotatable bonds is 9. The van der Waals surface area contributed by atoms with Crippen molar-refractivity contribution >= 4 is 11.9 Å². The van der Waals surface area contributed by atoms with Gasteiger partial charge in [0.05, 0.1) is 19.1 Å². The van der Waals surface area contributed by atoms with Gasteiger partial charge in [-0.15, -0.1) is 0 Å². The summed E-state index contributed by atoms with van der Waals surface area (Å²) in [5.41, 5.74) is 1.15. The van der Waals surface area contributed by atoms with Gasteiger partial charge < -0.3 is 15.0 Å². The molecule has 0 aliphatic carbocycles. The lowest BCUT2D eigenvalue weighted by Crippen LogP contribution is -2.46. The molecule has 7 nitrogen and oxygen atoms in total. The Labute approximate surface area is 179 Å². The molecule has 1 fully saturated rings. The smallest absolute Gasteiger partial charge is 0.225 e. The fourth-order valence-electron chi connectivity index (χ4n) is 4.14. The maximum atomic E-state index is 13.0. The fourth-order valence-corrected chi connectivity index (χ4v) is 4.14. The molecular weight excluding hydrogens is 378 g/mol. The molecule has 1 aromatic heterocycles. The fraction of sp³-hybridized carbons (Fsp3) is 0.522. The summed E-state index contributed by atoms with van der Waals surface area (Å²) in [5, 5.41) is 3.22. The SMILES string of the molecule is CCN(CC)C(CNC(=O)C1CCCN(c2ncccn2)C1)c1cccc(OC)c1. The molecule has 0 bridgehead atoms. The van der Waals surface area contributed by atoms with Gasteiger partial charge in [0.2, 0.25) is 11.9 Å². The summed E-state index contributed by atoms with van der Waals surface area (Å²) in [4.78, 5) is 26.2. The molecule has 1 aliphatic heterocycles. The summed E-state index contributed by atoms with van der Waals surface area (Å²) < 4.78 is 5.40. The standard InChI is InChI=1S/C23H33N5O2/c1-4-27(5-2)21(18-9-6-11-20(15-18)30-3)16-26-22(29)19-10-7-14-28(17-19)23-24-12-8-13-25-23/h6,8-9,11-13,15,19,21H,4-5,7,10,14,16-17H2,1-3H3,(H,26,29). The molecule has 2 unspecified atom stereocenters. The summed E-state index contributed by atoms with van der Waals surface area (Å²) in [6, 6.07) is 10.0. The first kappa shape index (κ1) is 22.0. The normalized spacial score (nSPS) is 17.6. The molecule has 30 heavy (non-hydrogen) atoms. The predicted molar refractivity (Wildman–Crippen MR) is 119 cm³/mol. The van der Waals surface area contributed by atoms with Crippen molar-refractivity contribution in [2.24, 2.45) is 5.92 Å². The van der Waals surface area contributed by atoms with Crippen molar-refractivity contribution in [2.75, 3.05) is 44.7 Å². The highest BCUT2D eigenvalue weighted by Gasteiger charge is 2.28. The summed E-state index contributed by atoms with van der Waals surface area (Å²) in [6.07, 6.45) is 5.35. The van der Waals surface area contributed by atoms with Crippen molar-refractivity contribution in [3.05, 3.63) is 48.3 Å². The Kier molecular flexibility index (Phi) is 8.02. The Morgan fingerprint density at radius 1 is 1.27 bits per heavy atom. The molecule has 1 amide bonds. The van der Waals surface area contributed by atoms with Crippen LogP contribution in [0.5, 0.6) is 5.75 Å². The number of ether oxygens (including phenoxy) is 1. The van der Waals surface area contributed by atoms with Gasteiger partial charge in [0.15, 0.2) is 0 Å². The minimum Gasteiger partial charge on any atom is -0.497 e. The first-order valence-electron chi connectivity index (χ1n) is 10.8. The molecule has 1 aliphatic rings. The van der Waals surface area contributed by atoms with Gasteiger partial charge in [-0.25, -0.2) is 9.97 Å². The number of likely N-dealkylation sites (N-methyl/N-ethyl adjacent to an activating group) is 1. The van der Waals surface area contributed by atoms with Crippen LogP contribution in [0.2, 0.25) is 0 Å². The number of benzene rings is 1. The lowest BCUT2D eigenvalue weighted by Gasteiger charge is -2.33. The zero-order valence-electron chi connectivity index (χ0n) is 18.3. The summed E-state index contributed by atoms with van der Waals surface area (Å²) in [5.74, 6) is 1.59. The van der Waals surface area contributed by atoms with Crippen molar-refractivity contribution in [1.82, 2.24) is 20.2 Å². The van der Waals surface area contributed by atoms with Crippen LogP contribution < -0.4 is 15.0 Å². The number of nitrogens with zero attached hydrogens (tertiary/aromatic N) is 4. The van der Waals surface area contributed by atoms with E-state index in [2.05, 4.69) is 51.1 Å². The first-order valence-corrected chi connectivity index (χ1v) is 10.8. The Morgan fingerprint density at radius 3 is 2.73 bits per heavy atom. The molecule has 0 saturated carbocycles. The summed E-state index contributed by atoms with van der Waals surface area (Å²) in [6.45, 7) is 8.25. The largest absolute Gasteiger partial charge is 0.497 e. The van der Waals surface area contributed by atoms with E-state index in [9.17, 15) is 4.79 Å². The average molecular weight is 412 g/mol. The Morgan fingerprint density at radius 2 is 2.03 bits per heavy atom.